The number of aliphatic hydroxyl groups excluding tert-OH is 1. The molecular formula is C13H21N3O2S. The van der Waals surface area contributed by atoms with E-state index in [1.807, 2.05) is 0 Å². The number of fused-ring (bicyclic) bond motifs is 1. The summed E-state index contributed by atoms with van der Waals surface area (Å²) >= 11 is 1.68. The van der Waals surface area contributed by atoms with Gasteiger partial charge in [0.1, 0.15) is 0 Å². The second kappa shape index (κ2) is 7.00. The van der Waals surface area contributed by atoms with Gasteiger partial charge in [0.15, 0.2) is 4.96 Å². The average Bonchev–Trinajstić information content (AvgIpc) is 2.89. The molecule has 2 N–H and O–H groups in total. The molecule has 106 valence electrons. The number of nitrogens with one attached hydrogen (secondary N) is 1. The summed E-state index contributed by atoms with van der Waals surface area (Å²) in [6.07, 6.45) is 0.948. The number of hydrogen-bond donors (Lipinski definition) is 2. The number of hydrogen-bond acceptors (Lipinski definition) is 5. The Morgan fingerprint density at radius 3 is 3.05 bits per heavy atom. The number of aromatic nitrogens is 2. The van der Waals surface area contributed by atoms with Crippen molar-refractivity contribution in [2.75, 3.05) is 26.4 Å². The molecule has 0 atom stereocenters. The highest BCUT2D eigenvalue weighted by Crippen LogP contribution is 2.20. The Balaban J connectivity index is 1.81. The van der Waals surface area contributed by atoms with Gasteiger partial charge in [-0.3, -0.25) is 4.40 Å². The Morgan fingerprint density at radius 1 is 1.42 bits per heavy atom. The van der Waals surface area contributed by atoms with Crippen LogP contribution in [-0.2, 0) is 11.3 Å². The van der Waals surface area contributed by atoms with E-state index in [9.17, 15) is 0 Å². The maximum absolute atomic E-state index is 8.58. The number of thiazole rings is 1. The molecule has 19 heavy (non-hydrogen) atoms. The Morgan fingerprint density at radius 2 is 2.26 bits per heavy atom. The summed E-state index contributed by atoms with van der Waals surface area (Å²) in [5, 5.41) is 14.1. The van der Waals surface area contributed by atoms with E-state index in [0.717, 1.165) is 30.2 Å². The van der Waals surface area contributed by atoms with Crippen molar-refractivity contribution >= 4 is 16.3 Å². The fraction of sp³-hybridized carbons (Fsp3) is 0.615. The van der Waals surface area contributed by atoms with E-state index in [1.54, 1.807) is 11.3 Å². The van der Waals surface area contributed by atoms with Crippen molar-refractivity contribution in [3.8, 4) is 0 Å². The third-order valence-corrected chi connectivity index (χ3v) is 3.94. The van der Waals surface area contributed by atoms with Gasteiger partial charge in [-0.05, 0) is 26.8 Å². The molecule has 0 aromatic carbocycles. The van der Waals surface area contributed by atoms with Gasteiger partial charge in [0.25, 0.3) is 0 Å². The van der Waals surface area contributed by atoms with Crippen LogP contribution in [0.25, 0.3) is 4.96 Å². The number of imidazole rings is 1. The zero-order valence-corrected chi connectivity index (χ0v) is 12.3. The van der Waals surface area contributed by atoms with E-state index in [1.165, 1.54) is 11.4 Å². The number of rotatable bonds is 8. The number of ether oxygens (including phenoxy) is 1. The van der Waals surface area contributed by atoms with Gasteiger partial charge in [0, 0.05) is 24.2 Å². The van der Waals surface area contributed by atoms with Crippen molar-refractivity contribution in [1.29, 1.82) is 0 Å². The molecule has 2 aromatic rings. The van der Waals surface area contributed by atoms with Crippen molar-refractivity contribution in [2.24, 2.45) is 0 Å². The van der Waals surface area contributed by atoms with Crippen LogP contribution in [0.5, 0.6) is 0 Å². The minimum absolute atomic E-state index is 0.0951. The fourth-order valence-electron chi connectivity index (χ4n) is 2.05. The molecule has 5 nitrogen and oxygen atoms in total. The molecule has 6 heteroatoms. The molecule has 2 rings (SSSR count). The Hall–Kier alpha value is -0.950. The Kier molecular flexibility index (Phi) is 5.33. The monoisotopic (exact) mass is 283 g/mol. The summed E-state index contributed by atoms with van der Waals surface area (Å²) < 4.78 is 7.43. The van der Waals surface area contributed by atoms with Gasteiger partial charge in [-0.2, -0.15) is 0 Å². The van der Waals surface area contributed by atoms with Crippen LogP contribution in [-0.4, -0.2) is 40.9 Å². The summed E-state index contributed by atoms with van der Waals surface area (Å²) in [6, 6.07) is 0. The smallest absolute Gasteiger partial charge is 0.194 e. The molecule has 2 aromatic heterocycles. The third kappa shape index (κ3) is 3.54. The zero-order valence-electron chi connectivity index (χ0n) is 11.5. The Labute approximate surface area is 117 Å². The maximum Gasteiger partial charge on any atom is 0.194 e. The molecule has 0 unspecified atom stereocenters. The van der Waals surface area contributed by atoms with Crippen molar-refractivity contribution in [3.05, 3.63) is 22.5 Å². The molecule has 0 saturated heterocycles. The molecule has 0 amide bonds. The van der Waals surface area contributed by atoms with Crippen LogP contribution in [0.4, 0.5) is 0 Å². The SMILES string of the molecule is Cc1nc2scc(C)n2c1CNCCCOCCO. The van der Waals surface area contributed by atoms with E-state index in [4.69, 9.17) is 9.84 Å². The van der Waals surface area contributed by atoms with Crippen LogP contribution < -0.4 is 5.32 Å². The van der Waals surface area contributed by atoms with E-state index < -0.39 is 0 Å². The first-order valence-electron chi connectivity index (χ1n) is 6.55. The van der Waals surface area contributed by atoms with Gasteiger partial charge in [-0.15, -0.1) is 11.3 Å². The highest BCUT2D eigenvalue weighted by molar-refractivity contribution is 7.15. The molecule has 0 fully saturated rings. The Bertz CT molecular complexity index is 521. The van der Waals surface area contributed by atoms with Crippen LogP contribution >= 0.6 is 11.3 Å². The molecular weight excluding hydrogens is 262 g/mol. The zero-order chi connectivity index (χ0) is 13.7. The maximum atomic E-state index is 8.58. The molecule has 0 spiro atoms. The standard InChI is InChI=1S/C13H21N3O2S/c1-10-9-19-13-15-11(2)12(16(10)13)8-14-4-3-6-18-7-5-17/h9,14,17H,3-8H2,1-2H3. The highest BCUT2D eigenvalue weighted by atomic mass is 32.1. The van der Waals surface area contributed by atoms with Crippen molar-refractivity contribution in [2.45, 2.75) is 26.8 Å². The molecule has 2 heterocycles. The largest absolute Gasteiger partial charge is 0.394 e. The average molecular weight is 283 g/mol. The van der Waals surface area contributed by atoms with E-state index in [0.29, 0.717) is 13.2 Å². The first-order chi connectivity index (χ1) is 9.24. The van der Waals surface area contributed by atoms with Gasteiger partial charge >= 0.3 is 0 Å². The lowest BCUT2D eigenvalue weighted by molar-refractivity contribution is 0.0907. The highest BCUT2D eigenvalue weighted by Gasteiger charge is 2.11. The summed E-state index contributed by atoms with van der Waals surface area (Å²) in [6.45, 7) is 7.10. The summed E-state index contributed by atoms with van der Waals surface area (Å²) in [7, 11) is 0. The van der Waals surface area contributed by atoms with Crippen molar-refractivity contribution in [3.63, 3.8) is 0 Å². The van der Waals surface area contributed by atoms with Gasteiger partial charge in [-0.25, -0.2) is 4.98 Å². The fourth-order valence-corrected chi connectivity index (χ4v) is 2.98. The number of nitrogens with zero attached hydrogens (tertiary/aromatic N) is 2. The first kappa shape index (κ1) is 14.5. The lowest BCUT2D eigenvalue weighted by Crippen LogP contribution is -2.18. The topological polar surface area (TPSA) is 58.8 Å². The second-order valence-electron chi connectivity index (χ2n) is 4.51. The first-order valence-corrected chi connectivity index (χ1v) is 7.43. The predicted octanol–water partition coefficient (Wildman–Crippen LogP) is 1.50. The molecule has 0 bridgehead atoms. The lowest BCUT2D eigenvalue weighted by Gasteiger charge is -2.06. The van der Waals surface area contributed by atoms with Crippen LogP contribution in [0.1, 0.15) is 23.5 Å². The van der Waals surface area contributed by atoms with Crippen molar-refractivity contribution < 1.29 is 9.84 Å². The van der Waals surface area contributed by atoms with Crippen molar-refractivity contribution in [1.82, 2.24) is 14.7 Å². The summed E-state index contributed by atoms with van der Waals surface area (Å²) in [4.78, 5) is 5.63. The molecule has 0 aliphatic carbocycles. The second-order valence-corrected chi connectivity index (χ2v) is 5.34. The van der Waals surface area contributed by atoms with Gasteiger partial charge in [-0.1, -0.05) is 0 Å². The number of aryl methyl sites for hydroxylation is 2. The molecule has 0 saturated carbocycles. The van der Waals surface area contributed by atoms with Crippen LogP contribution in [0, 0.1) is 13.8 Å². The quantitative estimate of drug-likeness (QED) is 0.721. The minimum atomic E-state index is 0.0951. The van der Waals surface area contributed by atoms with Gasteiger partial charge in [0.2, 0.25) is 0 Å². The van der Waals surface area contributed by atoms with Crippen LogP contribution in [0.2, 0.25) is 0 Å². The molecule has 0 aliphatic heterocycles. The number of aliphatic hydroxyl groups is 1. The predicted molar refractivity (Wildman–Crippen MR) is 76.8 cm³/mol. The summed E-state index contributed by atoms with van der Waals surface area (Å²) in [5.74, 6) is 0. The van der Waals surface area contributed by atoms with Crippen LogP contribution in [0.3, 0.4) is 0 Å². The van der Waals surface area contributed by atoms with E-state index >= 15 is 0 Å². The lowest BCUT2D eigenvalue weighted by atomic mass is 10.3. The molecule has 0 aliphatic rings. The van der Waals surface area contributed by atoms with E-state index in [2.05, 4.69) is 33.9 Å². The molecule has 0 radical (unpaired) electrons. The van der Waals surface area contributed by atoms with E-state index in [-0.39, 0.29) is 6.61 Å². The van der Waals surface area contributed by atoms with Gasteiger partial charge < -0.3 is 15.2 Å². The van der Waals surface area contributed by atoms with Crippen LogP contribution in [0.15, 0.2) is 5.38 Å². The third-order valence-electron chi connectivity index (χ3n) is 3.00. The normalized spacial score (nSPS) is 11.5. The summed E-state index contributed by atoms with van der Waals surface area (Å²) in [5.41, 5.74) is 3.58. The minimum Gasteiger partial charge on any atom is -0.394 e. The van der Waals surface area contributed by atoms with Gasteiger partial charge in [0.05, 0.1) is 24.6 Å².